The van der Waals surface area contributed by atoms with Crippen molar-refractivity contribution in [3.63, 3.8) is 0 Å². The lowest BCUT2D eigenvalue weighted by atomic mass is 9.84. The molecule has 37 heavy (non-hydrogen) atoms. The maximum atomic E-state index is 13.4. The highest BCUT2D eigenvalue weighted by atomic mass is 16.5. The SMILES string of the molecule is CCOc1ccc(/C(O)=C2/C(=O)C(=O)N(Cc3ccncc3)C2c2cccc(OC)c2)cc1C(C)(C)C. The Morgan fingerprint density at radius 3 is 2.43 bits per heavy atom. The lowest BCUT2D eigenvalue weighted by Gasteiger charge is -2.26. The van der Waals surface area contributed by atoms with E-state index in [1.165, 1.54) is 4.90 Å². The zero-order chi connectivity index (χ0) is 26.7. The van der Waals surface area contributed by atoms with E-state index in [-0.39, 0.29) is 23.3 Å². The molecule has 1 unspecified atom stereocenters. The first kappa shape index (κ1) is 25.9. The van der Waals surface area contributed by atoms with E-state index in [0.717, 1.165) is 11.1 Å². The number of benzene rings is 2. The third kappa shape index (κ3) is 5.21. The fourth-order valence-corrected chi connectivity index (χ4v) is 4.59. The molecule has 3 aromatic rings. The van der Waals surface area contributed by atoms with Crippen molar-refractivity contribution in [2.75, 3.05) is 13.7 Å². The van der Waals surface area contributed by atoms with Crippen molar-refractivity contribution in [2.45, 2.75) is 45.7 Å². The minimum absolute atomic E-state index is 0.0383. The average molecular weight is 501 g/mol. The molecule has 2 heterocycles. The van der Waals surface area contributed by atoms with Gasteiger partial charge in [-0.15, -0.1) is 0 Å². The standard InChI is InChI=1S/C30H32N2O5/c1-6-37-24-11-10-21(17-23(24)30(2,3)4)27(33)25-26(20-8-7-9-22(16-20)36-5)32(29(35)28(25)34)18-19-12-14-31-15-13-19/h7-17,26,33H,6,18H2,1-5H3/b27-25-. The van der Waals surface area contributed by atoms with Crippen LogP contribution in [0.5, 0.6) is 11.5 Å². The third-order valence-corrected chi connectivity index (χ3v) is 6.41. The number of Topliss-reactive ketones (excluding diaryl/α,β-unsaturated/α-hetero) is 1. The largest absolute Gasteiger partial charge is 0.507 e. The minimum Gasteiger partial charge on any atom is -0.507 e. The first-order valence-corrected chi connectivity index (χ1v) is 12.2. The molecule has 0 saturated carbocycles. The molecule has 7 nitrogen and oxygen atoms in total. The monoisotopic (exact) mass is 500 g/mol. The summed E-state index contributed by atoms with van der Waals surface area (Å²) in [6, 6.07) is 15.3. The Hall–Kier alpha value is -4.13. The highest BCUT2D eigenvalue weighted by Gasteiger charge is 2.46. The first-order valence-electron chi connectivity index (χ1n) is 12.2. The van der Waals surface area contributed by atoms with Gasteiger partial charge in [0.1, 0.15) is 17.3 Å². The van der Waals surface area contributed by atoms with E-state index in [0.29, 0.717) is 29.2 Å². The summed E-state index contributed by atoms with van der Waals surface area (Å²) in [7, 11) is 1.56. The van der Waals surface area contributed by atoms with Crippen molar-refractivity contribution in [1.29, 1.82) is 0 Å². The van der Waals surface area contributed by atoms with Crippen LogP contribution in [0.3, 0.4) is 0 Å². The number of pyridine rings is 1. The second kappa shape index (κ2) is 10.5. The van der Waals surface area contributed by atoms with Gasteiger partial charge in [-0.3, -0.25) is 14.6 Å². The minimum atomic E-state index is -0.798. The Kier molecular flexibility index (Phi) is 7.34. The molecule has 1 aliphatic heterocycles. The van der Waals surface area contributed by atoms with Gasteiger partial charge >= 0.3 is 0 Å². The number of aliphatic hydroxyl groups excluding tert-OH is 1. The van der Waals surface area contributed by atoms with Crippen LogP contribution in [-0.2, 0) is 21.5 Å². The van der Waals surface area contributed by atoms with Gasteiger partial charge in [-0.2, -0.15) is 0 Å². The van der Waals surface area contributed by atoms with Gasteiger partial charge in [-0.1, -0.05) is 32.9 Å². The number of aliphatic hydroxyl groups is 1. The van der Waals surface area contributed by atoms with Crippen LogP contribution in [0.2, 0.25) is 0 Å². The highest BCUT2D eigenvalue weighted by molar-refractivity contribution is 6.46. The van der Waals surface area contributed by atoms with Crippen LogP contribution in [0.15, 0.2) is 72.6 Å². The Balaban J connectivity index is 1.90. The smallest absolute Gasteiger partial charge is 0.295 e. The lowest BCUT2D eigenvalue weighted by molar-refractivity contribution is -0.140. The van der Waals surface area contributed by atoms with Crippen LogP contribution in [0.4, 0.5) is 0 Å². The molecule has 1 aliphatic rings. The van der Waals surface area contributed by atoms with Gasteiger partial charge in [0.15, 0.2) is 0 Å². The number of hydrogen-bond acceptors (Lipinski definition) is 6. The maximum absolute atomic E-state index is 13.4. The topological polar surface area (TPSA) is 89.0 Å². The van der Waals surface area contributed by atoms with Crippen LogP contribution >= 0.6 is 0 Å². The molecular formula is C30H32N2O5. The second-order valence-corrected chi connectivity index (χ2v) is 9.95. The lowest BCUT2D eigenvalue weighted by Crippen LogP contribution is -2.29. The molecule has 7 heteroatoms. The number of nitrogens with zero attached hydrogens (tertiary/aromatic N) is 2. The van der Waals surface area contributed by atoms with E-state index in [2.05, 4.69) is 25.8 Å². The van der Waals surface area contributed by atoms with Crippen LogP contribution in [-0.4, -0.2) is 40.4 Å². The van der Waals surface area contributed by atoms with Crippen LogP contribution < -0.4 is 9.47 Å². The van der Waals surface area contributed by atoms with Gasteiger partial charge < -0.3 is 19.5 Å². The molecule has 192 valence electrons. The number of carbonyl (C=O) groups excluding carboxylic acids is 2. The average Bonchev–Trinajstić information content (AvgIpc) is 3.13. The maximum Gasteiger partial charge on any atom is 0.295 e. The Bertz CT molecular complexity index is 1340. The molecule has 1 atom stereocenters. The molecule has 1 aromatic heterocycles. The number of rotatable bonds is 7. The van der Waals surface area contributed by atoms with Crippen LogP contribution in [0.25, 0.3) is 5.76 Å². The van der Waals surface area contributed by atoms with Crippen LogP contribution in [0.1, 0.15) is 56.0 Å². The van der Waals surface area contributed by atoms with E-state index < -0.39 is 17.7 Å². The van der Waals surface area contributed by atoms with E-state index >= 15 is 0 Å². The molecule has 2 aromatic carbocycles. The second-order valence-electron chi connectivity index (χ2n) is 9.95. The molecule has 1 fully saturated rings. The molecule has 1 saturated heterocycles. The third-order valence-electron chi connectivity index (χ3n) is 6.41. The summed E-state index contributed by atoms with van der Waals surface area (Å²) in [6.45, 7) is 8.76. The highest BCUT2D eigenvalue weighted by Crippen LogP contribution is 2.42. The van der Waals surface area contributed by atoms with E-state index in [1.54, 1.807) is 62.0 Å². The van der Waals surface area contributed by atoms with Crippen molar-refractivity contribution in [3.05, 3.63) is 94.8 Å². The van der Waals surface area contributed by atoms with Gasteiger partial charge in [0, 0.05) is 30.1 Å². The van der Waals surface area contributed by atoms with Gasteiger partial charge in [-0.05, 0) is 65.9 Å². The summed E-state index contributed by atoms with van der Waals surface area (Å²) in [6.07, 6.45) is 3.28. The van der Waals surface area contributed by atoms with E-state index in [4.69, 9.17) is 9.47 Å². The summed E-state index contributed by atoms with van der Waals surface area (Å²) in [4.78, 5) is 32.3. The summed E-state index contributed by atoms with van der Waals surface area (Å²) in [5, 5.41) is 11.6. The van der Waals surface area contributed by atoms with E-state index in [1.807, 2.05) is 19.1 Å². The molecule has 1 amide bonds. The Morgan fingerprint density at radius 1 is 1.05 bits per heavy atom. The number of likely N-dealkylation sites (tertiary alicyclic amines) is 1. The van der Waals surface area contributed by atoms with Crippen molar-refractivity contribution in [1.82, 2.24) is 9.88 Å². The Labute approximate surface area is 217 Å². The number of methoxy groups -OCH3 is 1. The van der Waals surface area contributed by atoms with Gasteiger partial charge in [0.25, 0.3) is 11.7 Å². The van der Waals surface area contributed by atoms with Crippen molar-refractivity contribution in [3.8, 4) is 11.5 Å². The van der Waals surface area contributed by atoms with Crippen molar-refractivity contribution in [2.24, 2.45) is 0 Å². The zero-order valence-electron chi connectivity index (χ0n) is 21.8. The van der Waals surface area contributed by atoms with Crippen molar-refractivity contribution >= 4 is 17.4 Å². The predicted molar refractivity (Wildman–Crippen MR) is 141 cm³/mol. The number of carbonyl (C=O) groups is 2. The first-order chi connectivity index (χ1) is 17.7. The number of aromatic nitrogens is 1. The number of ether oxygens (including phenoxy) is 2. The summed E-state index contributed by atoms with van der Waals surface area (Å²) in [5.74, 6) is -0.326. The van der Waals surface area contributed by atoms with Gasteiger partial charge in [-0.25, -0.2) is 0 Å². The molecule has 0 radical (unpaired) electrons. The summed E-state index contributed by atoms with van der Waals surface area (Å²) < 4.78 is 11.2. The fraction of sp³-hybridized carbons (Fsp3) is 0.300. The quantitative estimate of drug-likeness (QED) is 0.265. The molecule has 1 N–H and O–H groups in total. The fourth-order valence-electron chi connectivity index (χ4n) is 4.59. The Morgan fingerprint density at radius 2 is 1.78 bits per heavy atom. The molecule has 0 aliphatic carbocycles. The summed E-state index contributed by atoms with van der Waals surface area (Å²) in [5.41, 5.74) is 2.58. The molecule has 0 bridgehead atoms. The zero-order valence-corrected chi connectivity index (χ0v) is 21.8. The summed E-state index contributed by atoms with van der Waals surface area (Å²) >= 11 is 0. The van der Waals surface area contributed by atoms with Crippen molar-refractivity contribution < 1.29 is 24.2 Å². The predicted octanol–water partition coefficient (Wildman–Crippen LogP) is 5.41. The van der Waals surface area contributed by atoms with Gasteiger partial charge in [0.05, 0.1) is 25.3 Å². The molecular weight excluding hydrogens is 468 g/mol. The number of hydrogen-bond donors (Lipinski definition) is 1. The van der Waals surface area contributed by atoms with Crippen LogP contribution in [0, 0.1) is 0 Å². The van der Waals surface area contributed by atoms with Gasteiger partial charge in [0.2, 0.25) is 0 Å². The normalized spacial score (nSPS) is 17.2. The molecule has 0 spiro atoms. The molecule has 4 rings (SSSR count). The van der Waals surface area contributed by atoms with E-state index in [9.17, 15) is 14.7 Å². The number of amides is 1. The number of ketones is 1.